The van der Waals surface area contributed by atoms with E-state index in [4.69, 9.17) is 23.7 Å². The van der Waals surface area contributed by atoms with E-state index in [0.717, 1.165) is 5.56 Å². The largest absolute Gasteiger partial charge is 0.493 e. The van der Waals surface area contributed by atoms with Crippen molar-refractivity contribution in [3.8, 4) is 11.5 Å². The van der Waals surface area contributed by atoms with Crippen LogP contribution in [0.3, 0.4) is 0 Å². The van der Waals surface area contributed by atoms with Gasteiger partial charge in [0.05, 0.1) is 13.0 Å². The molecule has 1 aliphatic rings. The molecule has 3 rings (SSSR count). The van der Waals surface area contributed by atoms with E-state index in [1.807, 2.05) is 30.3 Å². The summed E-state index contributed by atoms with van der Waals surface area (Å²) in [7, 11) is 4.69. The van der Waals surface area contributed by atoms with Gasteiger partial charge in [0, 0.05) is 12.3 Å². The van der Waals surface area contributed by atoms with Crippen molar-refractivity contribution >= 4 is 23.8 Å². The van der Waals surface area contributed by atoms with Crippen LogP contribution in [0.25, 0.3) is 0 Å². The van der Waals surface area contributed by atoms with Crippen LogP contribution >= 0.6 is 0 Å². The van der Waals surface area contributed by atoms with Gasteiger partial charge in [-0.3, -0.25) is 14.4 Å². The highest BCUT2D eigenvalue weighted by atomic mass is 16.6. The van der Waals surface area contributed by atoms with Crippen molar-refractivity contribution in [2.45, 2.75) is 45.4 Å². The second-order valence-electron chi connectivity index (χ2n) is 8.99. The fraction of sp³-hybridized carbons (Fsp3) is 0.407. The summed E-state index contributed by atoms with van der Waals surface area (Å²) in [6.45, 7) is 4.31. The van der Waals surface area contributed by atoms with Crippen LogP contribution in [0, 0.1) is 18.9 Å². The number of amides is 1. The summed E-state index contributed by atoms with van der Waals surface area (Å²) in [6.07, 6.45) is -0.659. The third-order valence-electron chi connectivity index (χ3n) is 5.92. The number of esters is 3. The Morgan fingerprint density at radius 3 is 2.50 bits per heavy atom. The molecule has 4 atom stereocenters. The van der Waals surface area contributed by atoms with Gasteiger partial charge in [0.15, 0.2) is 29.3 Å². The van der Waals surface area contributed by atoms with E-state index >= 15 is 0 Å². The number of carbonyl (C=O) groups is 4. The number of aromatic nitrogens is 1. The zero-order chi connectivity index (χ0) is 27.8. The molecule has 1 aromatic heterocycles. The van der Waals surface area contributed by atoms with Crippen molar-refractivity contribution in [3.05, 3.63) is 61.0 Å². The molecule has 0 spiro atoms. The van der Waals surface area contributed by atoms with Crippen LogP contribution in [0.15, 0.2) is 42.6 Å². The van der Waals surface area contributed by atoms with Gasteiger partial charge in [-0.05, 0) is 18.9 Å². The molecule has 1 aromatic carbocycles. The minimum absolute atomic E-state index is 0.0436. The number of carbonyl (C=O) groups excluding carboxylic acids is 4. The number of hydrogen-bond donors (Lipinski definition) is 1. The molecule has 2 heterocycles. The van der Waals surface area contributed by atoms with Gasteiger partial charge in [0.1, 0.15) is 25.7 Å². The summed E-state index contributed by atoms with van der Waals surface area (Å²) in [5.74, 6) is -4.25. The van der Waals surface area contributed by atoms with Crippen molar-refractivity contribution in [3.63, 3.8) is 0 Å². The number of nitrogens with zero attached hydrogens (tertiary/aromatic N) is 1. The molecule has 0 unspecified atom stereocenters. The van der Waals surface area contributed by atoms with E-state index in [1.165, 1.54) is 26.3 Å². The maximum absolute atomic E-state index is 13.3. The van der Waals surface area contributed by atoms with Crippen molar-refractivity contribution < 1.29 is 42.9 Å². The normalized spacial score (nSPS) is 21.7. The third kappa shape index (κ3) is 6.78. The molecule has 11 heteroatoms. The Labute approximate surface area is 220 Å². The molecule has 38 heavy (non-hydrogen) atoms. The van der Waals surface area contributed by atoms with Gasteiger partial charge in [-0.1, -0.05) is 44.2 Å². The van der Waals surface area contributed by atoms with E-state index in [9.17, 15) is 19.2 Å². The third-order valence-corrected chi connectivity index (χ3v) is 5.92. The lowest BCUT2D eigenvalue weighted by molar-refractivity contribution is -0.176. The van der Waals surface area contributed by atoms with Gasteiger partial charge in [0.25, 0.3) is 5.91 Å². The first-order chi connectivity index (χ1) is 18.2. The van der Waals surface area contributed by atoms with Crippen LogP contribution in [0.5, 0.6) is 11.5 Å². The summed E-state index contributed by atoms with van der Waals surface area (Å²) in [4.78, 5) is 55.8. The number of benzene rings is 1. The number of ether oxygens (including phenoxy) is 5. The predicted molar refractivity (Wildman–Crippen MR) is 133 cm³/mol. The Balaban J connectivity index is 1.88. The highest BCUT2D eigenvalue weighted by molar-refractivity contribution is 5.98. The molecule has 1 amide bonds. The van der Waals surface area contributed by atoms with Gasteiger partial charge in [-0.25, -0.2) is 9.78 Å². The molecule has 0 aliphatic carbocycles. The Kier molecular flexibility index (Phi) is 9.64. The SMILES string of the molecule is [CH2]Oc1c(OC)ccnc1C(=O)N[C@H]1COC(=O)[C@H](Cc2ccccc2)[C@@H](OC(=O)C(C)C)[C@H](C)OC1=O. The lowest BCUT2D eigenvalue weighted by Crippen LogP contribution is -2.47. The summed E-state index contributed by atoms with van der Waals surface area (Å²) >= 11 is 0. The van der Waals surface area contributed by atoms with Crippen LogP contribution in [-0.4, -0.2) is 60.8 Å². The zero-order valence-corrected chi connectivity index (χ0v) is 21.7. The summed E-state index contributed by atoms with van der Waals surface area (Å²) in [5.41, 5.74) is 0.601. The maximum Gasteiger partial charge on any atom is 0.332 e. The Morgan fingerprint density at radius 2 is 1.87 bits per heavy atom. The van der Waals surface area contributed by atoms with Crippen molar-refractivity contribution in [1.29, 1.82) is 0 Å². The predicted octanol–water partition coefficient (Wildman–Crippen LogP) is 2.27. The van der Waals surface area contributed by atoms with Crippen LogP contribution < -0.4 is 14.8 Å². The quantitative estimate of drug-likeness (QED) is 0.402. The highest BCUT2D eigenvalue weighted by Crippen LogP contribution is 2.29. The van der Waals surface area contributed by atoms with Gasteiger partial charge in [0.2, 0.25) is 0 Å². The van der Waals surface area contributed by atoms with Crippen LogP contribution in [0.2, 0.25) is 0 Å². The maximum atomic E-state index is 13.3. The molecule has 0 saturated carbocycles. The molecule has 203 valence electrons. The van der Waals surface area contributed by atoms with Crippen molar-refractivity contribution in [2.75, 3.05) is 13.7 Å². The molecule has 2 aromatic rings. The number of methoxy groups -OCH3 is 1. The summed E-state index contributed by atoms with van der Waals surface area (Å²) in [6, 6.07) is 9.21. The molecule has 1 radical (unpaired) electrons. The van der Waals surface area contributed by atoms with Crippen LogP contribution in [-0.2, 0) is 35.0 Å². The fourth-order valence-electron chi connectivity index (χ4n) is 3.87. The summed E-state index contributed by atoms with van der Waals surface area (Å²) < 4.78 is 26.8. The standard InChI is InChI=1S/C27H31N2O9/c1-15(2)25(31)38-22-16(3)37-27(33)19(14-36-26(32)18(22)13-17-9-7-6-8-10-17)29-24(30)21-23(35-5)20(34-4)11-12-28-21/h6-12,15-16,18-19,22H,5,13-14H2,1-4H3,(H,29,30)/t16-,18+,19-,22-/m0/s1. The minimum Gasteiger partial charge on any atom is -0.493 e. The van der Waals surface area contributed by atoms with Crippen LogP contribution in [0.1, 0.15) is 36.8 Å². The van der Waals surface area contributed by atoms with E-state index in [0.29, 0.717) is 0 Å². The lowest BCUT2D eigenvalue weighted by Gasteiger charge is -2.29. The number of rotatable bonds is 8. The number of hydrogen-bond acceptors (Lipinski definition) is 10. The smallest absolute Gasteiger partial charge is 0.332 e. The Hall–Kier alpha value is -4.15. The topological polar surface area (TPSA) is 139 Å². The van der Waals surface area contributed by atoms with Crippen LogP contribution in [0.4, 0.5) is 0 Å². The van der Waals surface area contributed by atoms with E-state index in [1.54, 1.807) is 13.8 Å². The molecular formula is C27H31N2O9. The zero-order valence-electron chi connectivity index (χ0n) is 21.7. The molecule has 1 aliphatic heterocycles. The van der Waals surface area contributed by atoms with E-state index < -0.39 is 60.5 Å². The van der Waals surface area contributed by atoms with Gasteiger partial charge < -0.3 is 29.0 Å². The highest BCUT2D eigenvalue weighted by Gasteiger charge is 2.42. The second kappa shape index (κ2) is 12.9. The average molecular weight is 528 g/mol. The first-order valence-electron chi connectivity index (χ1n) is 12.0. The van der Waals surface area contributed by atoms with Gasteiger partial charge in [-0.15, -0.1) is 0 Å². The van der Waals surface area contributed by atoms with E-state index in [-0.39, 0.29) is 23.6 Å². The van der Waals surface area contributed by atoms with Gasteiger partial charge in [-0.2, -0.15) is 0 Å². The first kappa shape index (κ1) is 28.4. The monoisotopic (exact) mass is 527 g/mol. The number of cyclic esters (lactones) is 2. The first-order valence-corrected chi connectivity index (χ1v) is 12.0. The second-order valence-corrected chi connectivity index (χ2v) is 8.99. The molecule has 1 fully saturated rings. The molecule has 11 nitrogen and oxygen atoms in total. The van der Waals surface area contributed by atoms with E-state index in [2.05, 4.69) is 17.4 Å². The minimum atomic E-state index is -1.38. The fourth-order valence-corrected chi connectivity index (χ4v) is 3.87. The average Bonchev–Trinajstić information content (AvgIpc) is 2.94. The number of pyridine rings is 1. The van der Waals surface area contributed by atoms with Crippen molar-refractivity contribution in [2.24, 2.45) is 11.8 Å². The molecule has 0 bridgehead atoms. The summed E-state index contributed by atoms with van der Waals surface area (Å²) in [5, 5.41) is 2.46. The molecular weight excluding hydrogens is 496 g/mol. The van der Waals surface area contributed by atoms with Gasteiger partial charge >= 0.3 is 17.9 Å². The van der Waals surface area contributed by atoms with Crippen molar-refractivity contribution in [1.82, 2.24) is 10.3 Å². The number of nitrogens with one attached hydrogen (secondary N) is 1. The molecule has 1 saturated heterocycles. The Bertz CT molecular complexity index is 1150. The Morgan fingerprint density at radius 1 is 1.16 bits per heavy atom. The molecule has 1 N–H and O–H groups in total. The lowest BCUT2D eigenvalue weighted by atomic mass is 9.91.